The van der Waals surface area contributed by atoms with Gasteiger partial charge in [0.15, 0.2) is 0 Å². The van der Waals surface area contributed by atoms with Crippen LogP contribution in [0.2, 0.25) is 0 Å². The van der Waals surface area contributed by atoms with Gasteiger partial charge in [-0.25, -0.2) is 0 Å². The Morgan fingerprint density at radius 1 is 1.00 bits per heavy atom. The first-order valence-electron chi connectivity index (χ1n) is 7.36. The lowest BCUT2D eigenvalue weighted by Crippen LogP contribution is -2.39. The van der Waals surface area contributed by atoms with Crippen molar-refractivity contribution in [3.8, 4) is 0 Å². The van der Waals surface area contributed by atoms with Gasteiger partial charge >= 0.3 is 5.97 Å². The number of nitrogens with zero attached hydrogens (tertiary/aromatic N) is 2. The molecule has 0 aromatic heterocycles. The Bertz CT molecular complexity index is 375. The van der Waals surface area contributed by atoms with Crippen LogP contribution in [0.25, 0.3) is 0 Å². The smallest absolute Gasteiger partial charge is 0.317 e. The Labute approximate surface area is 113 Å². The third-order valence-electron chi connectivity index (χ3n) is 4.85. The first-order valence-corrected chi connectivity index (χ1v) is 7.36. The highest BCUT2D eigenvalue weighted by Gasteiger charge is 2.48. The van der Waals surface area contributed by atoms with E-state index in [4.69, 9.17) is 5.11 Å². The van der Waals surface area contributed by atoms with Crippen molar-refractivity contribution in [1.29, 1.82) is 0 Å². The van der Waals surface area contributed by atoms with Crippen LogP contribution in [0.4, 0.5) is 0 Å². The molecule has 1 amide bonds. The van der Waals surface area contributed by atoms with Gasteiger partial charge in [-0.3, -0.25) is 14.5 Å². The van der Waals surface area contributed by atoms with E-state index in [2.05, 4.69) is 0 Å². The number of carboxylic acid groups (broad SMARTS) is 1. The second-order valence-corrected chi connectivity index (χ2v) is 6.27. The van der Waals surface area contributed by atoms with E-state index in [1.807, 2.05) is 9.80 Å². The van der Waals surface area contributed by atoms with Gasteiger partial charge in [-0.2, -0.15) is 0 Å². The molecule has 0 aromatic rings. The molecule has 1 N–H and O–H groups in total. The molecule has 19 heavy (non-hydrogen) atoms. The highest BCUT2D eigenvalue weighted by Crippen LogP contribution is 2.54. The van der Waals surface area contributed by atoms with Gasteiger partial charge in [-0.15, -0.1) is 0 Å². The second kappa shape index (κ2) is 5.12. The normalized spacial score (nSPS) is 34.7. The summed E-state index contributed by atoms with van der Waals surface area (Å²) in [6.45, 7) is 3.05. The molecule has 2 atom stereocenters. The van der Waals surface area contributed by atoms with E-state index in [0.29, 0.717) is 19.0 Å². The maximum absolute atomic E-state index is 12.4. The summed E-state index contributed by atoms with van der Waals surface area (Å²) in [6.07, 6.45) is 4.42. The zero-order chi connectivity index (χ0) is 13.4. The van der Waals surface area contributed by atoms with E-state index < -0.39 is 5.97 Å². The zero-order valence-electron chi connectivity index (χ0n) is 11.3. The molecule has 1 saturated heterocycles. The Morgan fingerprint density at radius 3 is 2.42 bits per heavy atom. The number of hydrogen-bond acceptors (Lipinski definition) is 3. The number of fused-ring (bicyclic) bond motifs is 1. The largest absolute Gasteiger partial charge is 0.480 e. The molecule has 1 aliphatic heterocycles. The van der Waals surface area contributed by atoms with E-state index in [1.165, 1.54) is 6.42 Å². The number of carbonyl (C=O) groups is 2. The first kappa shape index (κ1) is 12.9. The molecule has 2 saturated carbocycles. The molecule has 2 aliphatic carbocycles. The van der Waals surface area contributed by atoms with Crippen molar-refractivity contribution in [3.63, 3.8) is 0 Å². The summed E-state index contributed by atoms with van der Waals surface area (Å²) in [6, 6.07) is 0. The fourth-order valence-electron chi connectivity index (χ4n) is 3.72. The van der Waals surface area contributed by atoms with E-state index in [0.717, 1.165) is 44.2 Å². The molecule has 5 nitrogen and oxygen atoms in total. The van der Waals surface area contributed by atoms with Gasteiger partial charge in [-0.1, -0.05) is 0 Å². The summed E-state index contributed by atoms with van der Waals surface area (Å²) in [5.41, 5.74) is 0. The topological polar surface area (TPSA) is 60.9 Å². The van der Waals surface area contributed by atoms with Crippen molar-refractivity contribution >= 4 is 11.9 Å². The van der Waals surface area contributed by atoms with E-state index in [9.17, 15) is 9.59 Å². The van der Waals surface area contributed by atoms with Crippen molar-refractivity contribution < 1.29 is 14.7 Å². The molecule has 0 bridgehead atoms. The molecule has 3 fully saturated rings. The maximum Gasteiger partial charge on any atom is 0.317 e. The molecule has 106 valence electrons. The maximum atomic E-state index is 12.4. The van der Waals surface area contributed by atoms with Gasteiger partial charge in [0.05, 0.1) is 6.54 Å². The molecule has 0 radical (unpaired) electrons. The fraction of sp³-hybridized carbons (Fsp3) is 0.857. The molecule has 2 unspecified atom stereocenters. The fourth-order valence-corrected chi connectivity index (χ4v) is 3.72. The quantitative estimate of drug-likeness (QED) is 0.815. The van der Waals surface area contributed by atoms with Gasteiger partial charge in [0.25, 0.3) is 0 Å². The predicted octanol–water partition coefficient (Wildman–Crippen LogP) is 0.651. The summed E-state index contributed by atoms with van der Waals surface area (Å²) in [7, 11) is 0. The van der Waals surface area contributed by atoms with Crippen molar-refractivity contribution in [1.82, 2.24) is 9.80 Å². The third kappa shape index (κ3) is 2.91. The molecular weight excluding hydrogens is 244 g/mol. The van der Waals surface area contributed by atoms with Crippen LogP contribution < -0.4 is 0 Å². The Morgan fingerprint density at radius 2 is 1.74 bits per heavy atom. The van der Waals surface area contributed by atoms with Gasteiger partial charge in [-0.05, 0) is 37.5 Å². The lowest BCUT2D eigenvalue weighted by molar-refractivity contribution is -0.138. The van der Waals surface area contributed by atoms with E-state index in [-0.39, 0.29) is 12.5 Å². The Hall–Kier alpha value is -1.10. The number of aliphatic carboxylic acids is 1. The number of carbonyl (C=O) groups excluding carboxylic acids is 1. The van der Waals surface area contributed by atoms with E-state index >= 15 is 0 Å². The lowest BCUT2D eigenvalue weighted by atomic mass is 10.0. The predicted molar refractivity (Wildman–Crippen MR) is 69.6 cm³/mol. The first-order chi connectivity index (χ1) is 9.13. The molecule has 3 rings (SSSR count). The zero-order valence-corrected chi connectivity index (χ0v) is 11.3. The van der Waals surface area contributed by atoms with Crippen molar-refractivity contribution in [2.75, 3.05) is 32.7 Å². The van der Waals surface area contributed by atoms with Crippen LogP contribution in [0.3, 0.4) is 0 Å². The summed E-state index contributed by atoms with van der Waals surface area (Å²) in [4.78, 5) is 27.1. The summed E-state index contributed by atoms with van der Waals surface area (Å²) in [5, 5.41) is 8.82. The molecule has 3 aliphatic rings. The number of rotatable bonds is 3. The van der Waals surface area contributed by atoms with Gasteiger partial charge in [0.1, 0.15) is 0 Å². The molecule has 1 heterocycles. The van der Waals surface area contributed by atoms with Crippen molar-refractivity contribution in [2.45, 2.75) is 25.7 Å². The third-order valence-corrected chi connectivity index (χ3v) is 4.85. The Balaban J connectivity index is 1.51. The summed E-state index contributed by atoms with van der Waals surface area (Å²) in [5.74, 6) is 1.48. The molecular formula is C14H22N2O3. The highest BCUT2D eigenvalue weighted by atomic mass is 16.4. The van der Waals surface area contributed by atoms with Crippen LogP contribution in [-0.4, -0.2) is 59.5 Å². The SMILES string of the molecule is O=C(O)CN1CCCN(C(=O)C2CC3CC3C2)CC1. The van der Waals surface area contributed by atoms with Crippen molar-refractivity contribution in [2.24, 2.45) is 17.8 Å². The molecule has 0 aromatic carbocycles. The van der Waals surface area contributed by atoms with Crippen LogP contribution in [0, 0.1) is 17.8 Å². The average Bonchev–Trinajstić information content (AvgIpc) is 3.05. The standard InChI is InChI=1S/C14H22N2O3/c17-13(18)9-15-2-1-3-16(5-4-15)14(19)12-7-10-6-11(10)8-12/h10-12H,1-9H2,(H,17,18). The van der Waals surface area contributed by atoms with Crippen LogP contribution in [0.15, 0.2) is 0 Å². The monoisotopic (exact) mass is 266 g/mol. The summed E-state index contributed by atoms with van der Waals surface area (Å²) < 4.78 is 0. The minimum absolute atomic E-state index is 0.0929. The molecule has 5 heteroatoms. The van der Waals surface area contributed by atoms with Crippen molar-refractivity contribution in [3.05, 3.63) is 0 Å². The molecule has 0 spiro atoms. The summed E-state index contributed by atoms with van der Waals surface area (Å²) >= 11 is 0. The minimum Gasteiger partial charge on any atom is -0.480 e. The van der Waals surface area contributed by atoms with Gasteiger partial charge < -0.3 is 10.0 Å². The average molecular weight is 266 g/mol. The number of carboxylic acids is 1. The van der Waals surface area contributed by atoms with Gasteiger partial charge in [0, 0.05) is 32.1 Å². The highest BCUT2D eigenvalue weighted by molar-refractivity contribution is 5.79. The van der Waals surface area contributed by atoms with Crippen LogP contribution >= 0.6 is 0 Å². The van der Waals surface area contributed by atoms with Gasteiger partial charge in [0.2, 0.25) is 5.91 Å². The van der Waals surface area contributed by atoms with Crippen LogP contribution in [0.1, 0.15) is 25.7 Å². The lowest BCUT2D eigenvalue weighted by Gasteiger charge is -2.24. The number of hydrogen-bond donors (Lipinski definition) is 1. The minimum atomic E-state index is -0.782. The van der Waals surface area contributed by atoms with Crippen LogP contribution in [-0.2, 0) is 9.59 Å². The second-order valence-electron chi connectivity index (χ2n) is 6.27. The van der Waals surface area contributed by atoms with Crippen LogP contribution in [0.5, 0.6) is 0 Å². The Kier molecular flexibility index (Phi) is 3.48. The van der Waals surface area contributed by atoms with E-state index in [1.54, 1.807) is 0 Å². The number of amides is 1.